The molecule has 2 aromatic rings. The number of nitrogens with zero attached hydrogens (tertiary/aromatic N) is 1. The van der Waals surface area contributed by atoms with Crippen molar-refractivity contribution in [2.45, 2.75) is 12.7 Å². The molecular formula is C15H13F3N2O2. The summed E-state index contributed by atoms with van der Waals surface area (Å²) in [4.78, 5) is 15.9. The first-order chi connectivity index (χ1) is 10.4. The van der Waals surface area contributed by atoms with Crippen molar-refractivity contribution in [1.82, 2.24) is 10.3 Å². The zero-order valence-electron chi connectivity index (χ0n) is 11.6. The van der Waals surface area contributed by atoms with Crippen LogP contribution >= 0.6 is 0 Å². The molecule has 0 aliphatic heterocycles. The van der Waals surface area contributed by atoms with Crippen LogP contribution in [0.25, 0.3) is 0 Å². The van der Waals surface area contributed by atoms with Gasteiger partial charge >= 0.3 is 6.18 Å². The molecule has 1 aromatic carbocycles. The third-order valence-electron chi connectivity index (χ3n) is 2.93. The Morgan fingerprint density at radius 3 is 2.73 bits per heavy atom. The predicted octanol–water partition coefficient (Wildman–Crippen LogP) is 3.04. The Bertz CT molecular complexity index is 672. The van der Waals surface area contributed by atoms with Crippen LogP contribution in [-0.2, 0) is 12.7 Å². The van der Waals surface area contributed by atoms with E-state index in [-0.39, 0.29) is 12.1 Å². The number of ether oxygens (including phenoxy) is 1. The SMILES string of the molecule is COc1ncccc1CNC(=O)c1cccc(C(F)(F)F)c1. The second kappa shape index (κ2) is 6.46. The molecule has 1 amide bonds. The molecule has 0 atom stereocenters. The van der Waals surface area contributed by atoms with Crippen molar-refractivity contribution < 1.29 is 22.7 Å². The van der Waals surface area contributed by atoms with E-state index < -0.39 is 17.6 Å². The predicted molar refractivity (Wildman–Crippen MR) is 73.4 cm³/mol. The summed E-state index contributed by atoms with van der Waals surface area (Å²) in [5, 5.41) is 2.54. The van der Waals surface area contributed by atoms with Gasteiger partial charge in [0.15, 0.2) is 0 Å². The van der Waals surface area contributed by atoms with Crippen molar-refractivity contribution in [2.75, 3.05) is 7.11 Å². The van der Waals surface area contributed by atoms with E-state index in [1.807, 2.05) is 0 Å². The quantitative estimate of drug-likeness (QED) is 0.944. The van der Waals surface area contributed by atoms with Crippen LogP contribution in [-0.4, -0.2) is 18.0 Å². The lowest BCUT2D eigenvalue weighted by Gasteiger charge is -2.10. The van der Waals surface area contributed by atoms with Crippen LogP contribution in [0.2, 0.25) is 0 Å². The highest BCUT2D eigenvalue weighted by molar-refractivity contribution is 5.94. The lowest BCUT2D eigenvalue weighted by molar-refractivity contribution is -0.137. The Morgan fingerprint density at radius 1 is 1.27 bits per heavy atom. The molecule has 0 aliphatic rings. The highest BCUT2D eigenvalue weighted by Crippen LogP contribution is 2.29. The second-order valence-electron chi connectivity index (χ2n) is 4.43. The molecule has 0 unspecified atom stereocenters. The van der Waals surface area contributed by atoms with Crippen molar-refractivity contribution in [3.63, 3.8) is 0 Å². The number of halogens is 3. The van der Waals surface area contributed by atoms with Crippen LogP contribution in [0.1, 0.15) is 21.5 Å². The van der Waals surface area contributed by atoms with Gasteiger partial charge in [-0.3, -0.25) is 4.79 Å². The van der Waals surface area contributed by atoms with Gasteiger partial charge in [0.1, 0.15) is 0 Å². The zero-order chi connectivity index (χ0) is 16.2. The number of benzene rings is 1. The lowest BCUT2D eigenvalue weighted by Crippen LogP contribution is -2.23. The maximum atomic E-state index is 12.6. The minimum absolute atomic E-state index is 0.0577. The first-order valence-electron chi connectivity index (χ1n) is 6.35. The highest BCUT2D eigenvalue weighted by Gasteiger charge is 2.30. The molecule has 4 nitrogen and oxygen atoms in total. The summed E-state index contributed by atoms with van der Waals surface area (Å²) < 4.78 is 42.9. The Morgan fingerprint density at radius 2 is 2.05 bits per heavy atom. The summed E-state index contributed by atoms with van der Waals surface area (Å²) in [5.41, 5.74) is -0.290. The highest BCUT2D eigenvalue weighted by atomic mass is 19.4. The standard InChI is InChI=1S/C15H13F3N2O2/c1-22-14-11(5-3-7-19-14)9-20-13(21)10-4-2-6-12(8-10)15(16,17)18/h2-8H,9H2,1H3,(H,20,21). The van der Waals surface area contributed by atoms with E-state index in [4.69, 9.17) is 4.74 Å². The molecule has 1 aromatic heterocycles. The number of pyridine rings is 1. The monoisotopic (exact) mass is 310 g/mol. The maximum Gasteiger partial charge on any atom is 0.416 e. The Balaban J connectivity index is 2.10. The van der Waals surface area contributed by atoms with Crippen LogP contribution < -0.4 is 10.1 Å². The van der Waals surface area contributed by atoms with E-state index in [0.29, 0.717) is 11.4 Å². The van der Waals surface area contributed by atoms with E-state index in [1.54, 1.807) is 12.1 Å². The Labute approximate surface area is 124 Å². The molecular weight excluding hydrogens is 297 g/mol. The summed E-state index contributed by atoms with van der Waals surface area (Å²) in [5.74, 6) is -0.246. The first-order valence-corrected chi connectivity index (χ1v) is 6.35. The fourth-order valence-corrected chi connectivity index (χ4v) is 1.86. The summed E-state index contributed by atoms with van der Waals surface area (Å²) in [6.45, 7) is 0.103. The molecule has 0 radical (unpaired) electrons. The Hall–Kier alpha value is -2.57. The minimum atomic E-state index is -4.48. The van der Waals surface area contributed by atoms with Gasteiger partial charge in [0.2, 0.25) is 5.88 Å². The third kappa shape index (κ3) is 3.75. The fraction of sp³-hybridized carbons (Fsp3) is 0.200. The van der Waals surface area contributed by atoms with Crippen molar-refractivity contribution in [3.05, 3.63) is 59.3 Å². The number of rotatable bonds is 4. The Kier molecular flexibility index (Phi) is 4.65. The molecule has 0 aliphatic carbocycles. The van der Waals surface area contributed by atoms with Crippen molar-refractivity contribution in [1.29, 1.82) is 0 Å². The van der Waals surface area contributed by atoms with Crippen molar-refractivity contribution in [3.8, 4) is 5.88 Å². The molecule has 7 heteroatoms. The van der Waals surface area contributed by atoms with Gasteiger partial charge in [0.05, 0.1) is 12.7 Å². The van der Waals surface area contributed by atoms with Gasteiger partial charge in [0, 0.05) is 23.9 Å². The molecule has 0 fully saturated rings. The van der Waals surface area contributed by atoms with Gasteiger partial charge in [0.25, 0.3) is 5.91 Å². The number of hydrogen-bond acceptors (Lipinski definition) is 3. The van der Waals surface area contributed by atoms with Gasteiger partial charge in [-0.25, -0.2) is 4.98 Å². The number of hydrogen-bond donors (Lipinski definition) is 1. The molecule has 0 spiro atoms. The van der Waals surface area contributed by atoms with E-state index in [2.05, 4.69) is 10.3 Å². The fourth-order valence-electron chi connectivity index (χ4n) is 1.86. The molecule has 22 heavy (non-hydrogen) atoms. The van der Waals surface area contributed by atoms with E-state index in [0.717, 1.165) is 12.1 Å². The number of nitrogens with one attached hydrogen (secondary N) is 1. The minimum Gasteiger partial charge on any atom is -0.481 e. The maximum absolute atomic E-state index is 12.6. The van der Waals surface area contributed by atoms with Gasteiger partial charge < -0.3 is 10.1 Å². The average molecular weight is 310 g/mol. The van der Waals surface area contributed by atoms with Crippen LogP contribution in [0.15, 0.2) is 42.6 Å². The summed E-state index contributed by atoms with van der Waals surface area (Å²) in [7, 11) is 1.44. The van der Waals surface area contributed by atoms with E-state index in [9.17, 15) is 18.0 Å². The van der Waals surface area contributed by atoms with E-state index >= 15 is 0 Å². The molecule has 116 valence electrons. The summed E-state index contributed by atoms with van der Waals surface area (Å²) >= 11 is 0. The first kappa shape index (κ1) is 15.8. The average Bonchev–Trinajstić information content (AvgIpc) is 2.52. The third-order valence-corrected chi connectivity index (χ3v) is 2.93. The van der Waals surface area contributed by atoms with Crippen LogP contribution in [0.4, 0.5) is 13.2 Å². The number of carbonyl (C=O) groups excluding carboxylic acids is 1. The van der Waals surface area contributed by atoms with Crippen molar-refractivity contribution >= 4 is 5.91 Å². The molecule has 0 saturated carbocycles. The van der Waals surface area contributed by atoms with Crippen molar-refractivity contribution in [2.24, 2.45) is 0 Å². The van der Waals surface area contributed by atoms with Gasteiger partial charge in [-0.2, -0.15) is 13.2 Å². The topological polar surface area (TPSA) is 51.2 Å². The second-order valence-corrected chi connectivity index (χ2v) is 4.43. The number of carbonyl (C=O) groups is 1. The number of aromatic nitrogens is 1. The molecule has 0 bridgehead atoms. The molecule has 2 rings (SSSR count). The summed E-state index contributed by atoms with van der Waals surface area (Å²) in [6.07, 6.45) is -2.94. The van der Waals surface area contributed by atoms with Gasteiger partial charge in [-0.05, 0) is 24.3 Å². The van der Waals surface area contributed by atoms with Gasteiger partial charge in [-0.1, -0.05) is 12.1 Å². The zero-order valence-corrected chi connectivity index (χ0v) is 11.6. The number of methoxy groups -OCH3 is 1. The molecule has 1 N–H and O–H groups in total. The van der Waals surface area contributed by atoms with Gasteiger partial charge in [-0.15, -0.1) is 0 Å². The van der Waals surface area contributed by atoms with Crippen LogP contribution in [0, 0.1) is 0 Å². The normalized spacial score (nSPS) is 11.1. The largest absolute Gasteiger partial charge is 0.481 e. The lowest BCUT2D eigenvalue weighted by atomic mass is 10.1. The molecule has 1 heterocycles. The smallest absolute Gasteiger partial charge is 0.416 e. The summed E-state index contributed by atoms with van der Waals surface area (Å²) in [6, 6.07) is 7.64. The van der Waals surface area contributed by atoms with Crippen LogP contribution in [0.5, 0.6) is 5.88 Å². The number of amides is 1. The number of alkyl halides is 3. The molecule has 0 saturated heterocycles. The van der Waals surface area contributed by atoms with E-state index in [1.165, 1.54) is 25.4 Å². The van der Waals surface area contributed by atoms with Crippen LogP contribution in [0.3, 0.4) is 0 Å².